The minimum Gasteiger partial charge on any atom is -0.362 e. The van der Waals surface area contributed by atoms with E-state index in [1.54, 1.807) is 6.20 Å². The standard InChI is InChI=1S/C14H22N6/c1-6-11(12-7-8-16-20(12)5)17-14-15-9-10(2)13(18-14)19(3)4/h7-9,11H,6H2,1-5H3,(H,15,17,18)/t11-/m0/s1. The molecule has 1 N–H and O–H groups in total. The molecule has 6 heteroatoms. The van der Waals surface area contributed by atoms with Gasteiger partial charge in [-0.25, -0.2) is 4.98 Å². The van der Waals surface area contributed by atoms with E-state index in [1.165, 1.54) is 0 Å². The van der Waals surface area contributed by atoms with Gasteiger partial charge in [-0.2, -0.15) is 10.1 Å². The summed E-state index contributed by atoms with van der Waals surface area (Å²) in [4.78, 5) is 10.9. The maximum atomic E-state index is 4.57. The third-order valence-electron chi connectivity index (χ3n) is 3.30. The van der Waals surface area contributed by atoms with Crippen LogP contribution in [0.3, 0.4) is 0 Å². The van der Waals surface area contributed by atoms with Gasteiger partial charge in [-0.1, -0.05) is 6.92 Å². The van der Waals surface area contributed by atoms with Gasteiger partial charge in [0, 0.05) is 39.1 Å². The highest BCUT2D eigenvalue weighted by molar-refractivity contribution is 5.48. The number of hydrogen-bond acceptors (Lipinski definition) is 5. The molecule has 0 bridgehead atoms. The maximum absolute atomic E-state index is 4.57. The molecule has 2 rings (SSSR count). The van der Waals surface area contributed by atoms with Crippen molar-refractivity contribution in [3.63, 3.8) is 0 Å². The van der Waals surface area contributed by atoms with E-state index in [9.17, 15) is 0 Å². The van der Waals surface area contributed by atoms with Crippen molar-refractivity contribution in [2.75, 3.05) is 24.3 Å². The fourth-order valence-electron chi connectivity index (χ4n) is 2.22. The first-order valence-corrected chi connectivity index (χ1v) is 6.78. The highest BCUT2D eigenvalue weighted by Gasteiger charge is 2.15. The first kappa shape index (κ1) is 14.3. The number of aryl methyl sites for hydroxylation is 2. The lowest BCUT2D eigenvalue weighted by Crippen LogP contribution is -2.18. The average molecular weight is 274 g/mol. The molecular formula is C14H22N6. The Morgan fingerprint density at radius 3 is 2.70 bits per heavy atom. The second-order valence-corrected chi connectivity index (χ2v) is 5.08. The summed E-state index contributed by atoms with van der Waals surface area (Å²) in [6.07, 6.45) is 4.59. The van der Waals surface area contributed by atoms with Crippen molar-refractivity contribution >= 4 is 11.8 Å². The topological polar surface area (TPSA) is 58.9 Å². The second-order valence-electron chi connectivity index (χ2n) is 5.08. The third kappa shape index (κ3) is 2.89. The van der Waals surface area contributed by atoms with E-state index in [0.29, 0.717) is 5.95 Å². The highest BCUT2D eigenvalue weighted by atomic mass is 15.3. The van der Waals surface area contributed by atoms with Crippen molar-refractivity contribution in [2.45, 2.75) is 26.3 Å². The lowest BCUT2D eigenvalue weighted by Gasteiger charge is -2.19. The van der Waals surface area contributed by atoms with E-state index in [-0.39, 0.29) is 6.04 Å². The van der Waals surface area contributed by atoms with E-state index in [1.807, 2.05) is 49.9 Å². The van der Waals surface area contributed by atoms with Gasteiger partial charge >= 0.3 is 0 Å². The molecule has 0 amide bonds. The molecule has 0 radical (unpaired) electrons. The average Bonchev–Trinajstić information content (AvgIpc) is 2.83. The molecule has 108 valence electrons. The number of rotatable bonds is 5. The predicted molar refractivity (Wildman–Crippen MR) is 81.0 cm³/mol. The molecule has 6 nitrogen and oxygen atoms in total. The van der Waals surface area contributed by atoms with E-state index in [4.69, 9.17) is 0 Å². The van der Waals surface area contributed by atoms with Crippen LogP contribution in [0.25, 0.3) is 0 Å². The first-order valence-electron chi connectivity index (χ1n) is 6.78. The quantitative estimate of drug-likeness (QED) is 0.905. The summed E-state index contributed by atoms with van der Waals surface area (Å²) in [5.41, 5.74) is 2.19. The Labute approximate surface area is 119 Å². The normalized spacial score (nSPS) is 12.2. The molecule has 0 unspecified atom stereocenters. The third-order valence-corrected chi connectivity index (χ3v) is 3.30. The lowest BCUT2D eigenvalue weighted by molar-refractivity contribution is 0.629. The Morgan fingerprint density at radius 2 is 2.15 bits per heavy atom. The van der Waals surface area contributed by atoms with Gasteiger partial charge in [0.2, 0.25) is 5.95 Å². The molecule has 20 heavy (non-hydrogen) atoms. The minimum atomic E-state index is 0.153. The summed E-state index contributed by atoms with van der Waals surface area (Å²) in [7, 11) is 5.91. The first-order chi connectivity index (χ1) is 9.52. The SMILES string of the molecule is CC[C@H](Nc1ncc(C)c(N(C)C)n1)c1ccnn1C. The Kier molecular flexibility index (Phi) is 4.22. The van der Waals surface area contributed by atoms with Gasteiger partial charge in [-0.15, -0.1) is 0 Å². The zero-order valence-electron chi connectivity index (χ0n) is 12.8. The van der Waals surface area contributed by atoms with Crippen LogP contribution in [0.5, 0.6) is 0 Å². The summed E-state index contributed by atoms with van der Waals surface area (Å²) in [5, 5.41) is 7.60. The Bertz CT molecular complexity index is 575. The van der Waals surface area contributed by atoms with Crippen LogP contribution in [0.2, 0.25) is 0 Å². The fraction of sp³-hybridized carbons (Fsp3) is 0.500. The monoisotopic (exact) mass is 274 g/mol. The molecule has 2 heterocycles. The summed E-state index contributed by atoms with van der Waals surface area (Å²) in [6.45, 7) is 4.14. The van der Waals surface area contributed by atoms with Crippen LogP contribution in [-0.2, 0) is 7.05 Å². The Balaban J connectivity index is 2.24. The zero-order chi connectivity index (χ0) is 14.7. The minimum absolute atomic E-state index is 0.153. The van der Waals surface area contributed by atoms with Gasteiger partial charge in [0.05, 0.1) is 11.7 Å². The van der Waals surface area contributed by atoms with Gasteiger partial charge in [-0.05, 0) is 19.4 Å². The van der Waals surface area contributed by atoms with Crippen LogP contribution >= 0.6 is 0 Å². The van der Waals surface area contributed by atoms with Crippen molar-refractivity contribution in [1.82, 2.24) is 19.7 Å². The summed E-state index contributed by atoms with van der Waals surface area (Å²) < 4.78 is 1.88. The molecule has 0 aliphatic rings. The smallest absolute Gasteiger partial charge is 0.225 e. The Hall–Kier alpha value is -2.11. The van der Waals surface area contributed by atoms with Crippen molar-refractivity contribution in [3.8, 4) is 0 Å². The molecule has 2 aromatic rings. The molecule has 0 aliphatic carbocycles. The molecule has 1 atom stereocenters. The highest BCUT2D eigenvalue weighted by Crippen LogP contribution is 2.22. The lowest BCUT2D eigenvalue weighted by atomic mass is 10.1. The van der Waals surface area contributed by atoms with Crippen LogP contribution in [0.15, 0.2) is 18.5 Å². The number of nitrogens with one attached hydrogen (secondary N) is 1. The van der Waals surface area contributed by atoms with Gasteiger partial charge in [0.25, 0.3) is 0 Å². The summed E-state index contributed by atoms with van der Waals surface area (Å²) in [6, 6.07) is 2.17. The van der Waals surface area contributed by atoms with E-state index in [0.717, 1.165) is 23.5 Å². The van der Waals surface area contributed by atoms with E-state index < -0.39 is 0 Å². The Morgan fingerprint density at radius 1 is 1.40 bits per heavy atom. The molecule has 2 aromatic heterocycles. The number of nitrogens with zero attached hydrogens (tertiary/aromatic N) is 5. The van der Waals surface area contributed by atoms with Crippen molar-refractivity contribution < 1.29 is 0 Å². The molecular weight excluding hydrogens is 252 g/mol. The predicted octanol–water partition coefficient (Wildman–Crippen LogP) is 2.15. The van der Waals surface area contributed by atoms with E-state index in [2.05, 4.69) is 27.3 Å². The van der Waals surface area contributed by atoms with Crippen molar-refractivity contribution in [3.05, 3.63) is 29.7 Å². The number of anilines is 2. The number of hydrogen-bond donors (Lipinski definition) is 1. The zero-order valence-corrected chi connectivity index (χ0v) is 12.8. The van der Waals surface area contributed by atoms with Crippen LogP contribution in [0.4, 0.5) is 11.8 Å². The van der Waals surface area contributed by atoms with Crippen LogP contribution in [-0.4, -0.2) is 33.8 Å². The molecule has 0 aromatic carbocycles. The maximum Gasteiger partial charge on any atom is 0.225 e. The van der Waals surface area contributed by atoms with Gasteiger partial charge < -0.3 is 10.2 Å². The number of aromatic nitrogens is 4. The summed E-state index contributed by atoms with van der Waals surface area (Å²) in [5.74, 6) is 1.58. The van der Waals surface area contributed by atoms with Crippen LogP contribution in [0, 0.1) is 6.92 Å². The van der Waals surface area contributed by atoms with Gasteiger partial charge in [0.15, 0.2) is 0 Å². The van der Waals surface area contributed by atoms with Gasteiger partial charge in [-0.3, -0.25) is 4.68 Å². The van der Waals surface area contributed by atoms with Crippen molar-refractivity contribution in [2.24, 2.45) is 7.05 Å². The molecule has 0 saturated carbocycles. The largest absolute Gasteiger partial charge is 0.362 e. The van der Waals surface area contributed by atoms with E-state index >= 15 is 0 Å². The molecule has 0 fully saturated rings. The van der Waals surface area contributed by atoms with Crippen molar-refractivity contribution in [1.29, 1.82) is 0 Å². The van der Waals surface area contributed by atoms with Crippen LogP contribution < -0.4 is 10.2 Å². The molecule has 0 spiro atoms. The second kappa shape index (κ2) is 5.90. The molecule has 0 saturated heterocycles. The molecule has 0 aliphatic heterocycles. The fourth-order valence-corrected chi connectivity index (χ4v) is 2.22. The summed E-state index contributed by atoms with van der Waals surface area (Å²) >= 11 is 0. The van der Waals surface area contributed by atoms with Crippen LogP contribution in [0.1, 0.15) is 30.6 Å². The van der Waals surface area contributed by atoms with Gasteiger partial charge in [0.1, 0.15) is 5.82 Å².